The van der Waals surface area contributed by atoms with E-state index in [4.69, 9.17) is 9.47 Å². The third-order valence-electron chi connectivity index (χ3n) is 5.03. The number of aromatic nitrogens is 5. The second kappa shape index (κ2) is 6.69. The van der Waals surface area contributed by atoms with Crippen molar-refractivity contribution >= 4 is 22.9 Å². The maximum Gasteiger partial charge on any atom is 0.333 e. The Morgan fingerprint density at radius 1 is 1.19 bits per heavy atom. The van der Waals surface area contributed by atoms with Crippen molar-refractivity contribution in [2.45, 2.75) is 33.4 Å². The van der Waals surface area contributed by atoms with E-state index in [1.54, 1.807) is 11.5 Å². The first kappa shape index (κ1) is 18.9. The van der Waals surface area contributed by atoms with Crippen molar-refractivity contribution in [1.29, 1.82) is 0 Å². The Morgan fingerprint density at radius 3 is 2.44 bits per heavy atom. The molecule has 0 bridgehead atoms. The molecule has 0 aliphatic rings. The van der Waals surface area contributed by atoms with Crippen LogP contribution in [0, 0.1) is 13.8 Å². The van der Waals surface area contributed by atoms with Crippen molar-refractivity contribution in [1.82, 2.24) is 23.1 Å². The van der Waals surface area contributed by atoms with Gasteiger partial charge in [-0.05, 0) is 20.8 Å². The van der Waals surface area contributed by atoms with Gasteiger partial charge in [0.1, 0.15) is 6.04 Å². The summed E-state index contributed by atoms with van der Waals surface area (Å²) in [5.74, 6) is -0.118. The van der Waals surface area contributed by atoms with Crippen LogP contribution in [0.3, 0.4) is 0 Å². The van der Waals surface area contributed by atoms with Gasteiger partial charge in [0.05, 0.1) is 13.7 Å². The minimum atomic E-state index is -1.05. The Balaban J connectivity index is 2.45. The van der Waals surface area contributed by atoms with Gasteiger partial charge in [0.15, 0.2) is 11.2 Å². The molecular weight excluding hydrogens is 354 g/mol. The van der Waals surface area contributed by atoms with Gasteiger partial charge in [-0.1, -0.05) is 0 Å². The van der Waals surface area contributed by atoms with Crippen molar-refractivity contribution in [3.8, 4) is 0 Å². The van der Waals surface area contributed by atoms with E-state index >= 15 is 0 Å². The van der Waals surface area contributed by atoms with Crippen LogP contribution in [-0.4, -0.2) is 49.9 Å². The lowest BCUT2D eigenvalue weighted by Gasteiger charge is -2.13. The largest absolute Gasteiger partial charge is 0.467 e. The average Bonchev–Trinajstić information content (AvgIpc) is 3.14. The van der Waals surface area contributed by atoms with Gasteiger partial charge in [-0.3, -0.25) is 13.8 Å². The van der Waals surface area contributed by atoms with Gasteiger partial charge in [0.2, 0.25) is 5.78 Å². The van der Waals surface area contributed by atoms with Gasteiger partial charge < -0.3 is 14.0 Å². The van der Waals surface area contributed by atoms with E-state index in [0.29, 0.717) is 18.9 Å². The SMILES string of the molecule is COCCn1c(C)c(C)n2c3c(=O)n([C@@H](C)C(=O)OC)c(=O)n(C)c3nc12. The lowest BCUT2D eigenvalue weighted by atomic mass is 10.3. The van der Waals surface area contributed by atoms with E-state index in [1.165, 1.54) is 25.6 Å². The number of hydrogen-bond donors (Lipinski definition) is 0. The molecule has 0 amide bonds. The van der Waals surface area contributed by atoms with Crippen molar-refractivity contribution in [3.05, 3.63) is 32.2 Å². The fourth-order valence-electron chi connectivity index (χ4n) is 3.35. The molecular formula is C17H23N5O5. The van der Waals surface area contributed by atoms with Crippen molar-refractivity contribution in [2.24, 2.45) is 7.05 Å². The smallest absolute Gasteiger partial charge is 0.333 e. The molecule has 146 valence electrons. The van der Waals surface area contributed by atoms with Gasteiger partial charge >= 0.3 is 11.7 Å². The van der Waals surface area contributed by atoms with Crippen LogP contribution in [0.5, 0.6) is 0 Å². The molecule has 3 rings (SSSR count). The first-order valence-corrected chi connectivity index (χ1v) is 8.52. The van der Waals surface area contributed by atoms with Gasteiger partial charge in [0, 0.05) is 32.1 Å². The van der Waals surface area contributed by atoms with Crippen molar-refractivity contribution in [2.75, 3.05) is 20.8 Å². The maximum atomic E-state index is 13.2. The zero-order valence-corrected chi connectivity index (χ0v) is 16.3. The Morgan fingerprint density at radius 2 is 1.85 bits per heavy atom. The van der Waals surface area contributed by atoms with Crippen LogP contribution in [0.15, 0.2) is 9.59 Å². The average molecular weight is 377 g/mol. The van der Waals surface area contributed by atoms with Crippen LogP contribution in [0.25, 0.3) is 16.9 Å². The normalized spacial score (nSPS) is 12.8. The van der Waals surface area contributed by atoms with Gasteiger partial charge in [-0.25, -0.2) is 14.2 Å². The molecule has 1 atom stereocenters. The van der Waals surface area contributed by atoms with Crippen LogP contribution in [0.4, 0.5) is 0 Å². The number of hydrogen-bond acceptors (Lipinski definition) is 6. The monoisotopic (exact) mass is 377 g/mol. The standard InChI is InChI=1S/C17H23N5O5/c1-9-10(2)21-12-13(18-16(21)20(9)7-8-26-5)19(4)17(25)22(14(12)23)11(3)15(24)27-6/h11H,7-8H2,1-6H3/t11-/m0/s1. The summed E-state index contributed by atoms with van der Waals surface area (Å²) in [6.07, 6.45) is 0. The molecule has 3 heterocycles. The molecule has 0 unspecified atom stereocenters. The zero-order chi connectivity index (χ0) is 20.0. The predicted molar refractivity (Wildman–Crippen MR) is 98.3 cm³/mol. The molecule has 0 aliphatic heterocycles. The summed E-state index contributed by atoms with van der Waals surface area (Å²) in [4.78, 5) is 42.4. The van der Waals surface area contributed by atoms with E-state index in [1.807, 2.05) is 18.4 Å². The van der Waals surface area contributed by atoms with Crippen LogP contribution < -0.4 is 11.2 Å². The number of aryl methyl sites for hydroxylation is 2. The Hall–Kier alpha value is -2.88. The quantitative estimate of drug-likeness (QED) is 0.587. The van der Waals surface area contributed by atoms with Crippen LogP contribution in [0.2, 0.25) is 0 Å². The lowest BCUT2D eigenvalue weighted by molar-refractivity contribution is -0.144. The van der Waals surface area contributed by atoms with E-state index in [2.05, 4.69) is 4.98 Å². The second-order valence-electron chi connectivity index (χ2n) is 6.45. The number of fused-ring (bicyclic) bond motifs is 3. The highest BCUT2D eigenvalue weighted by molar-refractivity contribution is 5.78. The number of esters is 1. The van der Waals surface area contributed by atoms with Gasteiger partial charge in [0.25, 0.3) is 5.56 Å². The summed E-state index contributed by atoms with van der Waals surface area (Å²) in [7, 11) is 4.35. The minimum Gasteiger partial charge on any atom is -0.467 e. The van der Waals surface area contributed by atoms with Crippen LogP contribution in [0.1, 0.15) is 24.4 Å². The zero-order valence-electron chi connectivity index (χ0n) is 16.3. The minimum absolute atomic E-state index is 0.250. The highest BCUT2D eigenvalue weighted by atomic mass is 16.5. The lowest BCUT2D eigenvalue weighted by Crippen LogP contribution is -2.43. The van der Waals surface area contributed by atoms with Gasteiger partial charge in [-0.15, -0.1) is 0 Å². The second-order valence-corrected chi connectivity index (χ2v) is 6.45. The van der Waals surface area contributed by atoms with Crippen LogP contribution >= 0.6 is 0 Å². The first-order chi connectivity index (χ1) is 12.8. The first-order valence-electron chi connectivity index (χ1n) is 8.52. The van der Waals surface area contributed by atoms with E-state index < -0.39 is 23.3 Å². The molecule has 3 aromatic heterocycles. The van der Waals surface area contributed by atoms with E-state index in [-0.39, 0.29) is 11.2 Å². The molecule has 0 saturated heterocycles. The maximum absolute atomic E-state index is 13.2. The number of ether oxygens (including phenoxy) is 2. The summed E-state index contributed by atoms with van der Waals surface area (Å²) in [5, 5.41) is 0. The number of methoxy groups -OCH3 is 2. The summed E-state index contributed by atoms with van der Waals surface area (Å²) < 4.78 is 15.7. The fraction of sp³-hybridized carbons (Fsp3) is 0.529. The summed E-state index contributed by atoms with van der Waals surface area (Å²) in [6, 6.07) is -1.05. The third-order valence-corrected chi connectivity index (χ3v) is 5.03. The summed E-state index contributed by atoms with van der Waals surface area (Å²) in [6.45, 7) is 6.31. The van der Waals surface area contributed by atoms with Crippen molar-refractivity contribution in [3.63, 3.8) is 0 Å². The van der Waals surface area contributed by atoms with Crippen LogP contribution in [-0.2, 0) is 27.9 Å². The van der Waals surface area contributed by atoms with E-state index in [0.717, 1.165) is 16.0 Å². The molecule has 10 heteroatoms. The molecule has 0 spiro atoms. The van der Waals surface area contributed by atoms with Gasteiger partial charge in [-0.2, -0.15) is 4.98 Å². The Labute approximate surface area is 154 Å². The molecule has 10 nitrogen and oxygen atoms in total. The Kier molecular flexibility index (Phi) is 4.68. The molecule has 27 heavy (non-hydrogen) atoms. The molecule has 0 aliphatic carbocycles. The predicted octanol–water partition coefficient (Wildman–Crippen LogP) is 0.147. The molecule has 0 N–H and O–H groups in total. The number of carbonyl (C=O) groups is 1. The third kappa shape index (κ3) is 2.59. The number of rotatable bonds is 5. The molecule has 0 aromatic carbocycles. The highest BCUT2D eigenvalue weighted by Gasteiger charge is 2.26. The highest BCUT2D eigenvalue weighted by Crippen LogP contribution is 2.20. The topological polar surface area (TPSA) is 102 Å². The fourth-order valence-corrected chi connectivity index (χ4v) is 3.35. The van der Waals surface area contributed by atoms with E-state index in [9.17, 15) is 14.4 Å². The molecule has 0 saturated carbocycles. The molecule has 3 aromatic rings. The number of nitrogens with zero attached hydrogens (tertiary/aromatic N) is 5. The molecule has 0 radical (unpaired) electrons. The number of carbonyl (C=O) groups excluding carboxylic acids is 1. The van der Waals surface area contributed by atoms with Crippen molar-refractivity contribution < 1.29 is 14.3 Å². The molecule has 0 fully saturated rings. The Bertz CT molecular complexity index is 1160. The summed E-state index contributed by atoms with van der Waals surface area (Å²) >= 11 is 0. The summed E-state index contributed by atoms with van der Waals surface area (Å²) in [5.41, 5.74) is 1.09. The number of imidazole rings is 2.